The van der Waals surface area contributed by atoms with Crippen molar-refractivity contribution < 1.29 is 0 Å². The summed E-state index contributed by atoms with van der Waals surface area (Å²) >= 11 is 0. The fourth-order valence-electron chi connectivity index (χ4n) is 1.86. The molecule has 0 bridgehead atoms. The van der Waals surface area contributed by atoms with Crippen LogP contribution in [0.15, 0.2) is 43.9 Å². The quantitative estimate of drug-likeness (QED) is 0.417. The lowest BCUT2D eigenvalue weighted by Crippen LogP contribution is -2.49. The summed E-state index contributed by atoms with van der Waals surface area (Å²) in [7, 11) is 0. The molecule has 0 aliphatic rings. The van der Waals surface area contributed by atoms with Gasteiger partial charge in [-0.15, -0.1) is 0 Å². The van der Waals surface area contributed by atoms with E-state index in [0.29, 0.717) is 10.8 Å². The summed E-state index contributed by atoms with van der Waals surface area (Å²) < 4.78 is 0. The monoisotopic (exact) mass is 243 g/mol. The van der Waals surface area contributed by atoms with Gasteiger partial charge in [0.2, 0.25) is 5.43 Å². The van der Waals surface area contributed by atoms with E-state index in [4.69, 9.17) is 5.84 Å². The minimum Gasteiger partial charge on any atom is -0.323 e. The average Bonchev–Trinajstić information content (AvgIpc) is 2.36. The van der Waals surface area contributed by atoms with Crippen LogP contribution in [0.5, 0.6) is 0 Å². The van der Waals surface area contributed by atoms with E-state index in [0.717, 1.165) is 0 Å². The predicted octanol–water partition coefficient (Wildman–Crippen LogP) is -0.481. The molecular weight excluding hydrogens is 230 g/mol. The molecule has 0 atom stereocenters. The Morgan fingerprint density at radius 1 is 1.00 bits per heavy atom. The Morgan fingerprint density at radius 2 is 1.61 bits per heavy atom. The maximum Gasteiger partial charge on any atom is 0.253 e. The molecule has 2 rings (SSSR count). The first kappa shape index (κ1) is 12.2. The Bertz CT molecular complexity index is 813. The summed E-state index contributed by atoms with van der Waals surface area (Å²) in [6, 6.07) is 6.65. The second kappa shape index (κ2) is 4.52. The van der Waals surface area contributed by atoms with E-state index in [9.17, 15) is 9.59 Å². The van der Waals surface area contributed by atoms with Crippen LogP contribution in [0.1, 0.15) is 13.8 Å². The number of fused-ring (bicyclic) bond motifs is 1. The number of nitrogens with two attached hydrogens (primary N) is 1. The molecule has 92 valence electrons. The number of hydrogen-bond acceptors (Lipinski definition) is 5. The van der Waals surface area contributed by atoms with Crippen LogP contribution in [-0.2, 0) is 0 Å². The van der Waals surface area contributed by atoms with E-state index < -0.39 is 10.9 Å². The zero-order valence-electron chi connectivity index (χ0n) is 10.2. The van der Waals surface area contributed by atoms with E-state index in [2.05, 4.69) is 10.1 Å². The highest BCUT2D eigenvalue weighted by molar-refractivity contribution is 5.81. The van der Waals surface area contributed by atoms with E-state index in [1.807, 2.05) is 13.8 Å². The van der Waals surface area contributed by atoms with Crippen molar-refractivity contribution >= 4 is 10.8 Å². The fourth-order valence-corrected chi connectivity index (χ4v) is 1.86. The van der Waals surface area contributed by atoms with Crippen molar-refractivity contribution in [2.45, 2.75) is 19.9 Å². The molecule has 0 unspecified atom stereocenters. The first-order valence-corrected chi connectivity index (χ1v) is 5.60. The molecule has 0 saturated heterocycles. The summed E-state index contributed by atoms with van der Waals surface area (Å²) in [4.78, 5) is 28.1. The second-order valence-electron chi connectivity index (χ2n) is 4.25. The van der Waals surface area contributed by atoms with Crippen molar-refractivity contribution in [1.29, 1.82) is 0 Å². The maximum atomic E-state index is 12.0. The van der Waals surface area contributed by atoms with Crippen molar-refractivity contribution in [2.75, 3.05) is 0 Å². The number of nitrogens with zero attached hydrogens (tertiary/aromatic N) is 2. The van der Waals surface area contributed by atoms with Crippen LogP contribution in [0.2, 0.25) is 0 Å². The average molecular weight is 243 g/mol. The molecular formula is C13H13N3O2. The molecule has 0 aliphatic heterocycles. The van der Waals surface area contributed by atoms with Crippen LogP contribution in [0.4, 0.5) is 0 Å². The molecule has 0 aliphatic carbocycles. The van der Waals surface area contributed by atoms with Crippen molar-refractivity contribution in [3.05, 3.63) is 55.4 Å². The van der Waals surface area contributed by atoms with Gasteiger partial charge in [0.05, 0.1) is 0 Å². The first-order valence-electron chi connectivity index (χ1n) is 5.60. The van der Waals surface area contributed by atoms with Gasteiger partial charge in [0, 0.05) is 16.8 Å². The Hall–Kier alpha value is -2.30. The third-order valence-electron chi connectivity index (χ3n) is 2.59. The van der Waals surface area contributed by atoms with Crippen LogP contribution in [0.3, 0.4) is 0 Å². The van der Waals surface area contributed by atoms with Crippen molar-refractivity contribution in [3.8, 4) is 0 Å². The van der Waals surface area contributed by atoms with Crippen molar-refractivity contribution in [2.24, 2.45) is 15.9 Å². The maximum absolute atomic E-state index is 12.0. The van der Waals surface area contributed by atoms with Gasteiger partial charge >= 0.3 is 0 Å². The molecule has 0 fully saturated rings. The Kier molecular flexibility index (Phi) is 3.06. The highest BCUT2D eigenvalue weighted by Crippen LogP contribution is 2.00. The largest absolute Gasteiger partial charge is 0.323 e. The van der Waals surface area contributed by atoms with E-state index in [1.54, 1.807) is 24.3 Å². The number of hydrogen-bond donors (Lipinski definition) is 1. The molecule has 0 aromatic heterocycles. The van der Waals surface area contributed by atoms with Gasteiger partial charge in [-0.25, -0.2) is 0 Å². The van der Waals surface area contributed by atoms with Gasteiger partial charge in [0.1, 0.15) is 10.7 Å². The van der Waals surface area contributed by atoms with E-state index >= 15 is 0 Å². The summed E-state index contributed by atoms with van der Waals surface area (Å²) in [6.45, 7) is 3.64. The molecule has 2 aromatic carbocycles. The molecule has 0 heterocycles. The van der Waals surface area contributed by atoms with Crippen LogP contribution < -0.4 is 27.4 Å². The van der Waals surface area contributed by atoms with E-state index in [1.165, 1.54) is 0 Å². The Morgan fingerprint density at radius 3 is 2.17 bits per heavy atom. The van der Waals surface area contributed by atoms with Gasteiger partial charge in [-0.1, -0.05) is 24.3 Å². The van der Waals surface area contributed by atoms with Crippen LogP contribution in [-0.4, -0.2) is 6.04 Å². The summed E-state index contributed by atoms with van der Waals surface area (Å²) in [6.07, 6.45) is 0. The molecule has 5 heteroatoms. The SMILES string of the molecule is CC(C)N=c1c(=O)c(=O)c2ccccc2/c1=N/N. The fraction of sp³-hybridized carbons (Fsp3) is 0.231. The Labute approximate surface area is 103 Å². The van der Waals surface area contributed by atoms with Crippen LogP contribution in [0.25, 0.3) is 10.8 Å². The lowest BCUT2D eigenvalue weighted by molar-refractivity contribution is 0.796. The van der Waals surface area contributed by atoms with Gasteiger partial charge in [-0.3, -0.25) is 14.6 Å². The van der Waals surface area contributed by atoms with Gasteiger partial charge < -0.3 is 5.84 Å². The standard InChI is InChI=1S/C13H13N3O2/c1-7(2)15-11-10(16-14)8-5-3-4-6-9(8)12(17)13(11)18/h3-7H,14H2,1-2H3/b15-11?,16-10-. The van der Waals surface area contributed by atoms with Crippen molar-refractivity contribution in [3.63, 3.8) is 0 Å². The zero-order valence-corrected chi connectivity index (χ0v) is 10.2. The van der Waals surface area contributed by atoms with Crippen LogP contribution in [0, 0.1) is 0 Å². The molecule has 0 spiro atoms. The highest BCUT2D eigenvalue weighted by Gasteiger charge is 2.09. The molecule has 0 saturated carbocycles. The second-order valence-corrected chi connectivity index (χ2v) is 4.25. The summed E-state index contributed by atoms with van der Waals surface area (Å²) in [5, 5.41) is 4.84. The molecule has 0 amide bonds. The van der Waals surface area contributed by atoms with Gasteiger partial charge in [0.25, 0.3) is 5.43 Å². The summed E-state index contributed by atoms with van der Waals surface area (Å²) in [5.41, 5.74) is -1.20. The smallest absolute Gasteiger partial charge is 0.253 e. The molecule has 2 aromatic rings. The third kappa shape index (κ3) is 1.84. The van der Waals surface area contributed by atoms with Gasteiger partial charge in [-0.2, -0.15) is 5.10 Å². The number of rotatable bonds is 1. The predicted molar refractivity (Wildman–Crippen MR) is 69.3 cm³/mol. The third-order valence-corrected chi connectivity index (χ3v) is 2.59. The number of benzene rings is 2. The van der Waals surface area contributed by atoms with E-state index in [-0.39, 0.29) is 16.8 Å². The summed E-state index contributed by atoms with van der Waals surface area (Å²) in [5.74, 6) is 5.34. The topological polar surface area (TPSA) is 84.9 Å². The van der Waals surface area contributed by atoms with Crippen molar-refractivity contribution in [1.82, 2.24) is 0 Å². The zero-order chi connectivity index (χ0) is 13.3. The lowest BCUT2D eigenvalue weighted by atomic mass is 10.1. The highest BCUT2D eigenvalue weighted by atomic mass is 16.2. The molecule has 2 N–H and O–H groups in total. The minimum absolute atomic E-state index is 0.0520. The molecule has 18 heavy (non-hydrogen) atoms. The minimum atomic E-state index is -0.647. The Balaban J connectivity index is 3.21. The molecule has 5 nitrogen and oxygen atoms in total. The van der Waals surface area contributed by atoms with Crippen LogP contribution >= 0.6 is 0 Å². The normalized spacial score (nSPS) is 13.7. The van der Waals surface area contributed by atoms with Gasteiger partial charge in [0.15, 0.2) is 0 Å². The van der Waals surface area contributed by atoms with Gasteiger partial charge in [-0.05, 0) is 13.8 Å². The first-order chi connectivity index (χ1) is 8.56. The molecule has 0 radical (unpaired) electrons. The lowest BCUT2D eigenvalue weighted by Gasteiger charge is -1.98.